The van der Waals surface area contributed by atoms with Crippen molar-refractivity contribution >= 4 is 34.8 Å². The SMILES string of the molecule is CC(C)C(CCN)CCC(=O)Nc1cc(Cl)cc(Cl)c1. The van der Waals surface area contributed by atoms with E-state index in [2.05, 4.69) is 19.2 Å². The predicted octanol–water partition coefficient (Wildman–Crippen LogP) is 4.33. The highest BCUT2D eigenvalue weighted by atomic mass is 35.5. The molecule has 0 aliphatic heterocycles. The van der Waals surface area contributed by atoms with Gasteiger partial charge in [-0.1, -0.05) is 37.0 Å². The molecule has 0 spiro atoms. The van der Waals surface area contributed by atoms with Gasteiger partial charge in [-0.25, -0.2) is 0 Å². The molecule has 0 saturated heterocycles. The lowest BCUT2D eigenvalue weighted by Gasteiger charge is -2.19. The molecule has 1 rings (SSSR count). The van der Waals surface area contributed by atoms with Gasteiger partial charge in [0.05, 0.1) is 0 Å². The Balaban J connectivity index is 2.50. The molecule has 112 valence electrons. The molecule has 1 aromatic carbocycles. The zero-order valence-electron chi connectivity index (χ0n) is 12.0. The van der Waals surface area contributed by atoms with Gasteiger partial charge in [0.25, 0.3) is 0 Å². The molecule has 20 heavy (non-hydrogen) atoms. The zero-order valence-corrected chi connectivity index (χ0v) is 13.5. The van der Waals surface area contributed by atoms with Crippen molar-refractivity contribution in [3.8, 4) is 0 Å². The standard InChI is InChI=1S/C15H22Cl2N2O/c1-10(2)11(5-6-18)3-4-15(20)19-14-8-12(16)7-13(17)9-14/h7-11H,3-6,18H2,1-2H3,(H,19,20). The third-order valence-electron chi connectivity index (χ3n) is 3.37. The second kappa shape index (κ2) is 8.50. The smallest absolute Gasteiger partial charge is 0.224 e. The summed E-state index contributed by atoms with van der Waals surface area (Å²) in [7, 11) is 0. The van der Waals surface area contributed by atoms with Crippen LogP contribution in [0, 0.1) is 11.8 Å². The Morgan fingerprint density at radius 3 is 2.30 bits per heavy atom. The number of halogens is 2. The number of nitrogens with two attached hydrogens (primary N) is 1. The molecular weight excluding hydrogens is 295 g/mol. The Labute approximate surface area is 130 Å². The van der Waals surface area contributed by atoms with Gasteiger partial charge in [-0.15, -0.1) is 0 Å². The molecule has 0 saturated carbocycles. The van der Waals surface area contributed by atoms with Crippen molar-refractivity contribution in [3.63, 3.8) is 0 Å². The van der Waals surface area contributed by atoms with Crippen LogP contribution in [0.25, 0.3) is 0 Å². The van der Waals surface area contributed by atoms with Gasteiger partial charge in [-0.2, -0.15) is 0 Å². The maximum Gasteiger partial charge on any atom is 0.224 e. The van der Waals surface area contributed by atoms with Crippen molar-refractivity contribution < 1.29 is 4.79 Å². The van der Waals surface area contributed by atoms with Crippen molar-refractivity contribution in [2.45, 2.75) is 33.1 Å². The number of hydrogen-bond acceptors (Lipinski definition) is 2. The van der Waals surface area contributed by atoms with Gasteiger partial charge >= 0.3 is 0 Å². The van der Waals surface area contributed by atoms with Crippen LogP contribution < -0.4 is 11.1 Å². The third-order valence-corrected chi connectivity index (χ3v) is 3.81. The Morgan fingerprint density at radius 1 is 1.20 bits per heavy atom. The van der Waals surface area contributed by atoms with Crippen molar-refractivity contribution in [2.75, 3.05) is 11.9 Å². The molecule has 1 unspecified atom stereocenters. The highest BCUT2D eigenvalue weighted by Gasteiger charge is 2.14. The summed E-state index contributed by atoms with van der Waals surface area (Å²) in [5.74, 6) is 0.992. The van der Waals surface area contributed by atoms with Crippen LogP contribution in [0.3, 0.4) is 0 Å². The Bertz CT molecular complexity index is 429. The first-order valence-electron chi connectivity index (χ1n) is 6.88. The molecule has 1 amide bonds. The number of benzene rings is 1. The first-order valence-corrected chi connectivity index (χ1v) is 7.64. The molecule has 5 heteroatoms. The maximum atomic E-state index is 11.9. The molecule has 1 atom stereocenters. The van der Waals surface area contributed by atoms with Gasteiger partial charge in [0, 0.05) is 22.2 Å². The van der Waals surface area contributed by atoms with E-state index in [0.29, 0.717) is 40.5 Å². The highest BCUT2D eigenvalue weighted by Crippen LogP contribution is 2.24. The largest absolute Gasteiger partial charge is 0.330 e. The van der Waals surface area contributed by atoms with Crippen molar-refractivity contribution in [3.05, 3.63) is 28.2 Å². The molecule has 0 radical (unpaired) electrons. The summed E-state index contributed by atoms with van der Waals surface area (Å²) in [6, 6.07) is 5.01. The molecule has 1 aromatic rings. The van der Waals surface area contributed by atoms with Crippen LogP contribution in [0.2, 0.25) is 10.0 Å². The molecule has 0 aliphatic rings. The second-order valence-electron chi connectivity index (χ2n) is 5.33. The van der Waals surface area contributed by atoms with E-state index in [-0.39, 0.29) is 5.91 Å². The minimum absolute atomic E-state index is 0.0222. The summed E-state index contributed by atoms with van der Waals surface area (Å²) in [6.45, 7) is 4.98. The number of hydrogen-bond donors (Lipinski definition) is 2. The van der Waals surface area contributed by atoms with Crippen molar-refractivity contribution in [1.29, 1.82) is 0 Å². The van der Waals surface area contributed by atoms with Crippen LogP contribution in [-0.2, 0) is 4.79 Å². The molecule has 0 fully saturated rings. The average Bonchev–Trinajstić information content (AvgIpc) is 2.32. The monoisotopic (exact) mass is 316 g/mol. The average molecular weight is 317 g/mol. The zero-order chi connectivity index (χ0) is 15.1. The number of carbonyl (C=O) groups is 1. The summed E-state index contributed by atoms with van der Waals surface area (Å²) < 4.78 is 0. The van der Waals surface area contributed by atoms with Gasteiger partial charge in [0.15, 0.2) is 0 Å². The lowest BCUT2D eigenvalue weighted by Crippen LogP contribution is -2.18. The Hall–Kier alpha value is -0.770. The fourth-order valence-electron chi connectivity index (χ4n) is 2.19. The fourth-order valence-corrected chi connectivity index (χ4v) is 2.72. The molecule has 0 heterocycles. The van der Waals surface area contributed by atoms with E-state index in [4.69, 9.17) is 28.9 Å². The van der Waals surface area contributed by atoms with E-state index in [1.54, 1.807) is 18.2 Å². The topological polar surface area (TPSA) is 55.1 Å². The van der Waals surface area contributed by atoms with Crippen LogP contribution in [-0.4, -0.2) is 12.5 Å². The van der Waals surface area contributed by atoms with Crippen LogP contribution in [0.4, 0.5) is 5.69 Å². The number of nitrogens with one attached hydrogen (secondary N) is 1. The third kappa shape index (κ3) is 6.12. The quantitative estimate of drug-likeness (QED) is 0.786. The van der Waals surface area contributed by atoms with E-state index in [1.807, 2.05) is 0 Å². The van der Waals surface area contributed by atoms with Gasteiger partial charge < -0.3 is 11.1 Å². The summed E-state index contributed by atoms with van der Waals surface area (Å²) >= 11 is 11.8. The van der Waals surface area contributed by atoms with E-state index < -0.39 is 0 Å². The number of amides is 1. The summed E-state index contributed by atoms with van der Waals surface area (Å²) in [5, 5.41) is 3.84. The summed E-state index contributed by atoms with van der Waals surface area (Å²) in [6.07, 6.45) is 2.27. The van der Waals surface area contributed by atoms with Gasteiger partial charge in [-0.05, 0) is 49.4 Å². The molecule has 0 aromatic heterocycles. The van der Waals surface area contributed by atoms with Gasteiger partial charge in [-0.3, -0.25) is 4.79 Å². The fraction of sp³-hybridized carbons (Fsp3) is 0.533. The molecule has 3 N–H and O–H groups in total. The Kier molecular flexibility index (Phi) is 7.35. The lowest BCUT2D eigenvalue weighted by molar-refractivity contribution is -0.116. The van der Waals surface area contributed by atoms with Crippen LogP contribution in [0.1, 0.15) is 33.1 Å². The first-order chi connectivity index (χ1) is 9.42. The van der Waals surface area contributed by atoms with E-state index in [0.717, 1.165) is 12.8 Å². The minimum atomic E-state index is -0.0222. The molecule has 0 aliphatic carbocycles. The van der Waals surface area contributed by atoms with Crippen molar-refractivity contribution in [2.24, 2.45) is 17.6 Å². The lowest BCUT2D eigenvalue weighted by atomic mass is 9.88. The normalized spacial score (nSPS) is 12.5. The molecule has 3 nitrogen and oxygen atoms in total. The van der Waals surface area contributed by atoms with Gasteiger partial charge in [0.2, 0.25) is 5.91 Å². The predicted molar refractivity (Wildman–Crippen MR) is 86.3 cm³/mol. The summed E-state index contributed by atoms with van der Waals surface area (Å²) in [4.78, 5) is 11.9. The number of rotatable bonds is 7. The van der Waals surface area contributed by atoms with Gasteiger partial charge in [0.1, 0.15) is 0 Å². The Morgan fingerprint density at radius 2 is 1.80 bits per heavy atom. The van der Waals surface area contributed by atoms with E-state index in [1.165, 1.54) is 0 Å². The first kappa shape index (κ1) is 17.3. The molecular formula is C15H22Cl2N2O. The van der Waals surface area contributed by atoms with E-state index >= 15 is 0 Å². The second-order valence-corrected chi connectivity index (χ2v) is 6.20. The number of carbonyl (C=O) groups excluding carboxylic acids is 1. The molecule has 0 bridgehead atoms. The number of anilines is 1. The maximum absolute atomic E-state index is 11.9. The van der Waals surface area contributed by atoms with Crippen LogP contribution in [0.5, 0.6) is 0 Å². The summed E-state index contributed by atoms with van der Waals surface area (Å²) in [5.41, 5.74) is 6.23. The van der Waals surface area contributed by atoms with Crippen molar-refractivity contribution in [1.82, 2.24) is 0 Å². The minimum Gasteiger partial charge on any atom is -0.330 e. The highest BCUT2D eigenvalue weighted by molar-refractivity contribution is 6.35. The van der Waals surface area contributed by atoms with Crippen LogP contribution in [0.15, 0.2) is 18.2 Å². The van der Waals surface area contributed by atoms with Crippen LogP contribution >= 0.6 is 23.2 Å². The van der Waals surface area contributed by atoms with E-state index in [9.17, 15) is 4.79 Å².